The molecule has 0 radical (unpaired) electrons. The van der Waals surface area contributed by atoms with Crippen LogP contribution in [0.5, 0.6) is 0 Å². The van der Waals surface area contributed by atoms with Crippen LogP contribution in [0.3, 0.4) is 0 Å². The summed E-state index contributed by atoms with van der Waals surface area (Å²) in [7, 11) is 3.14. The van der Waals surface area contributed by atoms with Crippen LogP contribution in [0.4, 0.5) is 0 Å². The highest BCUT2D eigenvalue weighted by molar-refractivity contribution is 5.88. The Morgan fingerprint density at radius 3 is 1.96 bits per heavy atom. The van der Waals surface area contributed by atoms with Crippen molar-refractivity contribution in [2.75, 3.05) is 14.2 Å². The number of allylic oxidation sites excluding steroid dienone is 1. The summed E-state index contributed by atoms with van der Waals surface area (Å²) in [6.45, 7) is 16.8. The number of Topliss-reactive ketones (excluding diaryl/α,β-unsaturated/α-hetero) is 1. The average Bonchev–Trinajstić information content (AvgIpc) is 2.50. The number of methoxy groups -OCH3 is 2. The van der Waals surface area contributed by atoms with Crippen LogP contribution in [0.2, 0.25) is 0 Å². The van der Waals surface area contributed by atoms with Crippen molar-refractivity contribution in [3.63, 3.8) is 0 Å². The van der Waals surface area contributed by atoms with E-state index in [1.165, 1.54) is 7.11 Å². The summed E-state index contributed by atoms with van der Waals surface area (Å²) in [6.07, 6.45) is 1.83. The fourth-order valence-corrected chi connectivity index (χ4v) is 3.39. The van der Waals surface area contributed by atoms with Gasteiger partial charge in [-0.15, -0.1) is 6.58 Å². The third-order valence-electron chi connectivity index (χ3n) is 4.77. The molecule has 5 heteroatoms. The summed E-state index contributed by atoms with van der Waals surface area (Å²) in [6, 6.07) is 0. The Balaban J connectivity index is 5.30. The van der Waals surface area contributed by atoms with Crippen molar-refractivity contribution < 1.29 is 23.8 Å². The van der Waals surface area contributed by atoms with E-state index < -0.39 is 17.1 Å². The number of carbonyl (C=O) groups is 2. The Hall–Kier alpha value is -1.20. The van der Waals surface area contributed by atoms with Crippen molar-refractivity contribution >= 4 is 11.8 Å². The maximum atomic E-state index is 13.2. The van der Waals surface area contributed by atoms with E-state index >= 15 is 0 Å². The van der Waals surface area contributed by atoms with E-state index in [9.17, 15) is 9.59 Å². The molecule has 0 aliphatic rings. The number of esters is 1. The van der Waals surface area contributed by atoms with Gasteiger partial charge >= 0.3 is 5.97 Å². The molecule has 0 heterocycles. The lowest BCUT2D eigenvalue weighted by Crippen LogP contribution is -2.47. The van der Waals surface area contributed by atoms with Gasteiger partial charge in [-0.25, -0.2) is 0 Å². The van der Waals surface area contributed by atoms with E-state index in [4.69, 9.17) is 14.2 Å². The first-order chi connectivity index (χ1) is 11.8. The average molecular weight is 371 g/mol. The van der Waals surface area contributed by atoms with Crippen LogP contribution in [0.25, 0.3) is 0 Å². The van der Waals surface area contributed by atoms with Gasteiger partial charge in [0, 0.05) is 20.1 Å². The van der Waals surface area contributed by atoms with Crippen LogP contribution in [0.15, 0.2) is 12.7 Å². The van der Waals surface area contributed by atoms with Gasteiger partial charge in [0.1, 0.15) is 11.4 Å². The van der Waals surface area contributed by atoms with Crippen LogP contribution >= 0.6 is 0 Å². The van der Waals surface area contributed by atoms with E-state index in [1.54, 1.807) is 7.11 Å². The lowest BCUT2D eigenvalue weighted by Gasteiger charge is -2.37. The molecule has 0 fully saturated rings. The number of rotatable bonds is 11. The number of ether oxygens (including phenoxy) is 3. The van der Waals surface area contributed by atoms with Crippen LogP contribution in [0.1, 0.15) is 61.3 Å². The highest BCUT2D eigenvalue weighted by atomic mass is 16.6. The molecular formula is C21H38O5. The largest absolute Gasteiger partial charge is 0.460 e. The maximum Gasteiger partial charge on any atom is 0.308 e. The van der Waals surface area contributed by atoms with Crippen molar-refractivity contribution in [1.82, 2.24) is 0 Å². The van der Waals surface area contributed by atoms with Gasteiger partial charge < -0.3 is 14.2 Å². The zero-order valence-electron chi connectivity index (χ0n) is 18.0. The third kappa shape index (κ3) is 7.20. The van der Waals surface area contributed by atoms with Crippen molar-refractivity contribution in [3.05, 3.63) is 12.7 Å². The van der Waals surface area contributed by atoms with Crippen molar-refractivity contribution in [3.8, 4) is 0 Å². The second-order valence-corrected chi connectivity index (χ2v) is 8.59. The highest BCUT2D eigenvalue weighted by Gasteiger charge is 2.43. The summed E-state index contributed by atoms with van der Waals surface area (Å²) in [5.74, 6) is -0.530. The monoisotopic (exact) mass is 370 g/mol. The number of hydrogen-bond acceptors (Lipinski definition) is 5. The summed E-state index contributed by atoms with van der Waals surface area (Å²) in [5, 5.41) is 0. The zero-order valence-corrected chi connectivity index (χ0v) is 18.0. The van der Waals surface area contributed by atoms with Gasteiger partial charge in [-0.1, -0.05) is 33.8 Å². The predicted molar refractivity (Wildman–Crippen MR) is 104 cm³/mol. The molecular weight excluding hydrogens is 332 g/mol. The lowest BCUT2D eigenvalue weighted by atomic mass is 9.73. The van der Waals surface area contributed by atoms with Gasteiger partial charge in [0.25, 0.3) is 0 Å². The standard InChI is InChI=1S/C21H38O5/c1-11-12-14(2)18(25-10)15(3)19(23)21(7,8)16(24-9)13-17(22)26-20(4,5)6/h11,14-16,18H,1,12-13H2,2-10H3/t14-,15+,16-,18-/m0/s1. The van der Waals surface area contributed by atoms with Gasteiger partial charge in [-0.3, -0.25) is 9.59 Å². The molecule has 0 aliphatic carbocycles. The third-order valence-corrected chi connectivity index (χ3v) is 4.77. The normalized spacial score (nSPS) is 17.1. The molecule has 0 aromatic carbocycles. The van der Waals surface area contributed by atoms with Crippen molar-refractivity contribution in [1.29, 1.82) is 0 Å². The minimum absolute atomic E-state index is 0.00988. The molecule has 0 aromatic rings. The summed E-state index contributed by atoms with van der Waals surface area (Å²) in [4.78, 5) is 25.4. The minimum atomic E-state index is -0.851. The van der Waals surface area contributed by atoms with E-state index in [2.05, 4.69) is 6.58 Å². The molecule has 0 bridgehead atoms. The lowest BCUT2D eigenvalue weighted by molar-refractivity contribution is -0.162. The zero-order chi connectivity index (χ0) is 20.7. The smallest absolute Gasteiger partial charge is 0.308 e. The van der Waals surface area contributed by atoms with E-state index in [1.807, 2.05) is 54.5 Å². The molecule has 152 valence electrons. The predicted octanol–water partition coefficient (Wildman–Crippen LogP) is 4.19. The Kier molecular flexibility index (Phi) is 9.74. The van der Waals surface area contributed by atoms with E-state index in [0.717, 1.165) is 6.42 Å². The van der Waals surface area contributed by atoms with Gasteiger partial charge in [0.05, 0.1) is 24.0 Å². The Bertz CT molecular complexity index is 475. The highest BCUT2D eigenvalue weighted by Crippen LogP contribution is 2.34. The Labute approximate surface area is 159 Å². The first-order valence-corrected chi connectivity index (χ1v) is 9.24. The molecule has 0 rings (SSSR count). The topological polar surface area (TPSA) is 61.8 Å². The number of ketones is 1. The Morgan fingerprint density at radius 2 is 1.58 bits per heavy atom. The van der Waals surface area contributed by atoms with E-state index in [-0.39, 0.29) is 36.1 Å². The second kappa shape index (κ2) is 10.2. The molecule has 0 saturated carbocycles. The molecule has 5 nitrogen and oxygen atoms in total. The SMILES string of the molecule is C=CC[C@H](C)[C@H](OC)[C@@H](C)C(=O)C(C)(C)[C@H](CC(=O)OC(C)(C)C)OC. The van der Waals surface area contributed by atoms with Crippen LogP contribution in [-0.4, -0.2) is 43.8 Å². The Morgan fingerprint density at radius 1 is 1.04 bits per heavy atom. The second-order valence-electron chi connectivity index (χ2n) is 8.59. The summed E-state index contributed by atoms with van der Waals surface area (Å²) >= 11 is 0. The first kappa shape index (κ1) is 24.8. The van der Waals surface area contributed by atoms with Gasteiger partial charge in [-0.2, -0.15) is 0 Å². The molecule has 26 heavy (non-hydrogen) atoms. The van der Waals surface area contributed by atoms with Crippen molar-refractivity contribution in [2.45, 2.75) is 79.1 Å². The summed E-state index contributed by atoms with van der Waals surface area (Å²) < 4.78 is 16.5. The fraction of sp³-hybridized carbons (Fsp3) is 0.810. The molecule has 0 aliphatic heterocycles. The first-order valence-electron chi connectivity index (χ1n) is 9.24. The van der Waals surface area contributed by atoms with Gasteiger partial charge in [0.2, 0.25) is 0 Å². The molecule has 0 unspecified atom stereocenters. The molecule has 0 spiro atoms. The number of carbonyl (C=O) groups excluding carboxylic acids is 2. The quantitative estimate of drug-likeness (QED) is 0.403. The maximum absolute atomic E-state index is 13.2. The van der Waals surface area contributed by atoms with Crippen LogP contribution in [-0.2, 0) is 23.8 Å². The molecule has 0 saturated heterocycles. The van der Waals surface area contributed by atoms with Gasteiger partial charge in [0.15, 0.2) is 0 Å². The van der Waals surface area contributed by atoms with Crippen LogP contribution < -0.4 is 0 Å². The van der Waals surface area contributed by atoms with Gasteiger partial charge in [-0.05, 0) is 33.1 Å². The van der Waals surface area contributed by atoms with E-state index in [0.29, 0.717) is 0 Å². The number of hydrogen-bond donors (Lipinski definition) is 0. The molecule has 4 atom stereocenters. The molecule has 0 N–H and O–H groups in total. The minimum Gasteiger partial charge on any atom is -0.460 e. The molecule has 0 aromatic heterocycles. The molecule has 0 amide bonds. The van der Waals surface area contributed by atoms with Crippen LogP contribution in [0, 0.1) is 17.3 Å². The summed E-state index contributed by atoms with van der Waals surface area (Å²) in [5.41, 5.74) is -1.42. The van der Waals surface area contributed by atoms with Crippen molar-refractivity contribution in [2.24, 2.45) is 17.3 Å². The fourth-order valence-electron chi connectivity index (χ4n) is 3.39.